The molecule has 0 spiro atoms. The molecule has 0 aliphatic heterocycles. The van der Waals surface area contributed by atoms with Crippen molar-refractivity contribution in [3.8, 4) is 22.3 Å². The Morgan fingerprint density at radius 2 is 0.757 bits per heavy atom. The van der Waals surface area contributed by atoms with Gasteiger partial charge in [-0.1, -0.05) is 0 Å². The second-order valence-corrected chi connectivity index (χ2v) is 61.0. The number of hydrogen-bond donors (Lipinski definition) is 0. The van der Waals surface area contributed by atoms with Crippen molar-refractivity contribution in [3.63, 3.8) is 0 Å². The molecule has 0 N–H and O–H groups in total. The summed E-state index contributed by atoms with van der Waals surface area (Å²) in [6, 6.07) is 28.2. The first-order valence-electron chi connectivity index (χ1n) is 22.7. The minimum atomic E-state index is -6.16. The molecule has 0 nitrogen and oxygen atoms in total. The van der Waals surface area contributed by atoms with Gasteiger partial charge in [0.25, 0.3) is 0 Å². The van der Waals surface area contributed by atoms with E-state index in [1.807, 2.05) is 63.3 Å². The third-order valence-electron chi connectivity index (χ3n) is 13.8. The minimum absolute atomic E-state index is 0.0943. The van der Waals surface area contributed by atoms with E-state index >= 15 is 0 Å². The number of fused-ring (bicyclic) bond motifs is 2. The molecule has 8 rings (SSSR count). The van der Waals surface area contributed by atoms with Crippen LogP contribution in [0.15, 0.2) is 121 Å². The molecule has 2 aliphatic rings. The van der Waals surface area contributed by atoms with Gasteiger partial charge in [0.2, 0.25) is 0 Å². The van der Waals surface area contributed by atoms with Gasteiger partial charge in [0.05, 0.1) is 0 Å². The standard InChI is InChI=1S/2C26H19F6.C2H7Si.2ClH.Zr/c2*1-2-6-17-9-10-18-11-19(16-7-4-3-5-8-16)14-23(18)24(17)20-12-21(25(27,28)29)15-22(13-20)26(30,31)32;1-3-2;;;/h2*3-5,7-15H,2,6H2,1H3;3H,1-2H3;2*1H;/q;;;;;+2/p-2. The molecule has 367 valence electrons. The average molecular weight is 1110 g/mol. The van der Waals surface area contributed by atoms with Crippen LogP contribution >= 0.6 is 17.0 Å². The second-order valence-electron chi connectivity index (χ2n) is 18.5. The van der Waals surface area contributed by atoms with Gasteiger partial charge in [0.15, 0.2) is 0 Å². The first-order chi connectivity index (χ1) is 32.7. The Kier molecular flexibility index (Phi) is 13.8. The summed E-state index contributed by atoms with van der Waals surface area (Å²) in [5.74, 6) is -2.55. The van der Waals surface area contributed by atoms with E-state index in [9.17, 15) is 52.7 Å². The number of allylic oxidation sites excluding steroid dienone is 2. The van der Waals surface area contributed by atoms with Gasteiger partial charge in [-0.15, -0.1) is 0 Å². The van der Waals surface area contributed by atoms with Crippen molar-refractivity contribution in [3.05, 3.63) is 188 Å². The maximum absolute atomic E-state index is 14.5. The third-order valence-corrected chi connectivity index (χ3v) is 65.3. The van der Waals surface area contributed by atoms with E-state index in [2.05, 4.69) is 0 Å². The zero-order chi connectivity index (χ0) is 51.0. The molecule has 0 saturated carbocycles. The Hall–Kier alpha value is -4.36. The van der Waals surface area contributed by atoms with E-state index in [0.717, 1.165) is 24.3 Å². The monoisotopic (exact) mass is 1110 g/mol. The molecule has 70 heavy (non-hydrogen) atoms. The zero-order valence-electron chi connectivity index (χ0n) is 38.1. The van der Waals surface area contributed by atoms with Crippen LogP contribution in [0.2, 0.25) is 13.1 Å². The van der Waals surface area contributed by atoms with E-state index in [4.69, 9.17) is 17.0 Å². The van der Waals surface area contributed by atoms with Gasteiger partial charge < -0.3 is 0 Å². The SMILES string of the molecule is CCCc1ccc2c(c1-c1cc(C(F)(F)F)cc(C(F)(F)F)c1)C=C(c1ccccc1)[CH]2[Zr]([Cl])([Cl])([CH]1C(c2ccccc2)=Cc2c1ccc(CCC)c2-c1cc(C(F)(F)F)cc(C(F)(F)F)c1)[SiH](C)C. The van der Waals surface area contributed by atoms with E-state index in [-0.39, 0.29) is 34.4 Å². The van der Waals surface area contributed by atoms with Crippen LogP contribution in [0.4, 0.5) is 52.7 Å². The van der Waals surface area contributed by atoms with Gasteiger partial charge in [-0.05, 0) is 0 Å². The molecule has 16 heteroatoms. The Labute approximate surface area is 406 Å². The van der Waals surface area contributed by atoms with Gasteiger partial charge in [-0.2, -0.15) is 0 Å². The Balaban J connectivity index is 1.49. The summed E-state index contributed by atoms with van der Waals surface area (Å²) in [6.07, 6.45) is -15.4. The van der Waals surface area contributed by atoms with Crippen LogP contribution < -0.4 is 0 Å². The summed E-state index contributed by atoms with van der Waals surface area (Å²) in [6.45, 7) is 7.68. The average Bonchev–Trinajstić information content (AvgIpc) is 3.89. The summed E-state index contributed by atoms with van der Waals surface area (Å²) in [4.78, 5) is 0. The van der Waals surface area contributed by atoms with Crippen LogP contribution in [-0.4, -0.2) is 5.92 Å². The quantitative estimate of drug-likeness (QED) is 0.0896. The molecule has 0 amide bonds. The molecule has 2 atom stereocenters. The van der Waals surface area contributed by atoms with Gasteiger partial charge in [-0.25, -0.2) is 0 Å². The van der Waals surface area contributed by atoms with Crippen molar-refractivity contribution < 1.29 is 68.2 Å². The number of halogens is 14. The zero-order valence-corrected chi connectivity index (χ0v) is 43.2. The topological polar surface area (TPSA) is 0 Å². The number of hydrogen-bond acceptors (Lipinski definition) is 0. The Morgan fingerprint density at radius 3 is 1.03 bits per heavy atom. The molecule has 0 heterocycles. The summed E-state index contributed by atoms with van der Waals surface area (Å²) < 4.78 is 173. The van der Waals surface area contributed by atoms with Crippen molar-refractivity contribution in [2.24, 2.45) is 0 Å². The summed E-state index contributed by atoms with van der Waals surface area (Å²) >= 11 is -6.16. The van der Waals surface area contributed by atoms with Gasteiger partial charge in [-0.3, -0.25) is 0 Å². The van der Waals surface area contributed by atoms with Crippen LogP contribution in [0, 0.1) is 0 Å². The number of aryl methyl sites for hydroxylation is 2. The van der Waals surface area contributed by atoms with Crippen LogP contribution in [0.5, 0.6) is 0 Å². The number of rotatable bonds is 11. The predicted molar refractivity (Wildman–Crippen MR) is 256 cm³/mol. The summed E-state index contributed by atoms with van der Waals surface area (Å²) in [5, 5.41) is 0. The Morgan fingerprint density at radius 1 is 0.443 bits per heavy atom. The molecule has 2 unspecified atom stereocenters. The van der Waals surface area contributed by atoms with Crippen LogP contribution in [-0.2, 0) is 53.1 Å². The van der Waals surface area contributed by atoms with E-state index < -0.39 is 75.7 Å². The molecule has 0 fully saturated rings. The van der Waals surface area contributed by atoms with Crippen LogP contribution in [0.1, 0.15) is 101 Å². The molecule has 0 saturated heterocycles. The molecule has 0 bridgehead atoms. The maximum atomic E-state index is 14.5. The third kappa shape index (κ3) is 9.33. The summed E-state index contributed by atoms with van der Waals surface area (Å²) in [7, 11) is 17.6. The number of alkyl halides is 12. The van der Waals surface area contributed by atoms with Gasteiger partial charge >= 0.3 is 409 Å². The first-order valence-corrected chi connectivity index (χ1v) is 39.0. The molecule has 6 aromatic carbocycles. The van der Waals surface area contributed by atoms with Crippen LogP contribution in [0.25, 0.3) is 45.6 Å². The first kappa shape index (κ1) is 52.0. The summed E-state index contributed by atoms with van der Waals surface area (Å²) in [5.41, 5.74) is -0.914. The normalized spacial score (nSPS) is 17.0. The molecule has 0 aromatic heterocycles. The molecular weight excluding hydrogens is 1070 g/mol. The van der Waals surface area contributed by atoms with Crippen molar-refractivity contribution in [2.75, 3.05) is 0 Å². The van der Waals surface area contributed by atoms with E-state index in [1.54, 1.807) is 60.7 Å². The molecule has 0 radical (unpaired) electrons. The van der Waals surface area contributed by atoms with E-state index in [0.29, 0.717) is 81.3 Å². The fourth-order valence-corrected chi connectivity index (χ4v) is 40.7. The molecule has 2 aliphatic carbocycles. The fourth-order valence-electron chi connectivity index (χ4n) is 10.6. The molecular formula is C54H45Cl2F12SiZr. The van der Waals surface area contributed by atoms with Crippen molar-refractivity contribution in [2.45, 2.75) is 84.6 Å². The van der Waals surface area contributed by atoms with Crippen LogP contribution in [0.3, 0.4) is 0 Å². The molecule has 6 aromatic rings. The Bertz CT molecular complexity index is 2780. The van der Waals surface area contributed by atoms with Crippen molar-refractivity contribution >= 4 is 46.2 Å². The van der Waals surface area contributed by atoms with Crippen molar-refractivity contribution in [1.82, 2.24) is 0 Å². The fraction of sp³-hybridized carbons (Fsp3) is 0.259. The predicted octanol–water partition coefficient (Wildman–Crippen LogP) is 18.9. The van der Waals surface area contributed by atoms with E-state index in [1.165, 1.54) is 0 Å². The van der Waals surface area contributed by atoms with Gasteiger partial charge in [0, 0.05) is 0 Å². The second kappa shape index (κ2) is 18.6. The van der Waals surface area contributed by atoms with Gasteiger partial charge in [0.1, 0.15) is 0 Å². The number of benzene rings is 6. The van der Waals surface area contributed by atoms with Crippen molar-refractivity contribution in [1.29, 1.82) is 0 Å².